The zero-order chi connectivity index (χ0) is 30.2. The minimum Gasteiger partial charge on any atom is -0.354 e. The molecular formula is C32H40ClN3O4S. The first-order valence-corrected chi connectivity index (χ1v) is 15.8. The molecule has 3 aromatic rings. The third-order valence-corrected chi connectivity index (χ3v) is 9.14. The lowest BCUT2D eigenvalue weighted by Crippen LogP contribution is -2.52. The number of carbonyl (C=O) groups is 2. The van der Waals surface area contributed by atoms with E-state index in [1.807, 2.05) is 52.0 Å². The summed E-state index contributed by atoms with van der Waals surface area (Å²) in [6, 6.07) is 18.3. The van der Waals surface area contributed by atoms with E-state index in [0.717, 1.165) is 33.8 Å². The van der Waals surface area contributed by atoms with Gasteiger partial charge in [-0.05, 0) is 80.6 Å². The van der Waals surface area contributed by atoms with Crippen molar-refractivity contribution < 1.29 is 18.0 Å². The average Bonchev–Trinajstić information content (AvgIpc) is 2.93. The van der Waals surface area contributed by atoms with Crippen molar-refractivity contribution in [3.63, 3.8) is 0 Å². The van der Waals surface area contributed by atoms with Crippen LogP contribution in [0, 0.1) is 20.8 Å². The van der Waals surface area contributed by atoms with Gasteiger partial charge in [0.05, 0.1) is 10.6 Å². The van der Waals surface area contributed by atoms with E-state index in [4.69, 9.17) is 11.6 Å². The second-order valence-corrected chi connectivity index (χ2v) is 12.6. The van der Waals surface area contributed by atoms with Crippen molar-refractivity contribution in [2.75, 3.05) is 17.4 Å². The Labute approximate surface area is 249 Å². The van der Waals surface area contributed by atoms with Crippen molar-refractivity contribution in [3.05, 3.63) is 94.0 Å². The van der Waals surface area contributed by atoms with Gasteiger partial charge in [0.25, 0.3) is 10.0 Å². The van der Waals surface area contributed by atoms with E-state index in [2.05, 4.69) is 5.32 Å². The Kier molecular flexibility index (Phi) is 11.4. The Morgan fingerprint density at radius 1 is 0.927 bits per heavy atom. The second kappa shape index (κ2) is 14.5. The second-order valence-electron chi connectivity index (χ2n) is 10.3. The van der Waals surface area contributed by atoms with E-state index in [-0.39, 0.29) is 17.3 Å². The molecule has 0 aliphatic carbocycles. The van der Waals surface area contributed by atoms with Gasteiger partial charge in [0, 0.05) is 18.1 Å². The summed E-state index contributed by atoms with van der Waals surface area (Å²) in [7, 11) is -4.14. The molecule has 0 aliphatic heterocycles. The highest BCUT2D eigenvalue weighted by Crippen LogP contribution is 2.30. The third kappa shape index (κ3) is 8.11. The highest BCUT2D eigenvalue weighted by Gasteiger charge is 2.34. The first kappa shape index (κ1) is 32.2. The number of carbonyl (C=O) groups excluding carboxylic acids is 2. The number of halogens is 1. The Hall–Kier alpha value is -3.36. The quantitative estimate of drug-likeness (QED) is 0.238. The van der Waals surface area contributed by atoms with Gasteiger partial charge in [0.1, 0.15) is 12.6 Å². The number of amides is 2. The van der Waals surface area contributed by atoms with Crippen molar-refractivity contribution in [1.82, 2.24) is 10.2 Å². The summed E-state index contributed by atoms with van der Waals surface area (Å²) in [6.07, 6.45) is 2.13. The third-order valence-electron chi connectivity index (χ3n) is 7.13. The van der Waals surface area contributed by atoms with Crippen LogP contribution in [0.1, 0.15) is 55.4 Å². The zero-order valence-electron chi connectivity index (χ0n) is 24.5. The molecule has 3 aromatic carbocycles. The number of anilines is 1. The lowest BCUT2D eigenvalue weighted by Gasteiger charge is -2.34. The van der Waals surface area contributed by atoms with Gasteiger partial charge < -0.3 is 10.2 Å². The maximum Gasteiger partial charge on any atom is 0.264 e. The average molecular weight is 598 g/mol. The van der Waals surface area contributed by atoms with Gasteiger partial charge >= 0.3 is 0 Å². The highest BCUT2D eigenvalue weighted by molar-refractivity contribution is 7.92. The standard InChI is InChI=1S/C32H40ClN3O4S/c1-6-8-19-34-32(38)29(7-2)35(21-26-12-10-9-11-24(26)4)31(37)22-36(30-18-15-27(33)20-25(30)5)41(39,40)28-16-13-23(3)14-17-28/h9-18,20,29H,6-8,19,21-22H2,1-5H3,(H,34,38)/t29-/m0/s1. The molecular weight excluding hydrogens is 558 g/mol. The predicted molar refractivity (Wildman–Crippen MR) is 166 cm³/mol. The van der Waals surface area contributed by atoms with Crippen LogP contribution < -0.4 is 9.62 Å². The number of hydrogen-bond acceptors (Lipinski definition) is 4. The van der Waals surface area contributed by atoms with Crippen LogP contribution >= 0.6 is 11.6 Å². The summed E-state index contributed by atoms with van der Waals surface area (Å²) in [5, 5.41) is 3.41. The zero-order valence-corrected chi connectivity index (χ0v) is 26.1. The van der Waals surface area contributed by atoms with E-state index in [1.54, 1.807) is 37.3 Å². The minimum absolute atomic E-state index is 0.0695. The molecule has 0 spiro atoms. The molecule has 9 heteroatoms. The molecule has 41 heavy (non-hydrogen) atoms. The number of unbranched alkanes of at least 4 members (excludes halogenated alkanes) is 1. The molecule has 0 heterocycles. The maximum absolute atomic E-state index is 14.2. The van der Waals surface area contributed by atoms with Crippen molar-refractivity contribution in [2.24, 2.45) is 0 Å². The van der Waals surface area contributed by atoms with E-state index in [9.17, 15) is 18.0 Å². The van der Waals surface area contributed by atoms with Gasteiger partial charge in [0.2, 0.25) is 11.8 Å². The molecule has 1 atom stereocenters. The Bertz CT molecular complexity index is 1460. The van der Waals surface area contributed by atoms with Crippen LogP contribution in [-0.4, -0.2) is 44.3 Å². The summed E-state index contributed by atoms with van der Waals surface area (Å²) in [6.45, 7) is 9.67. The lowest BCUT2D eigenvalue weighted by molar-refractivity contribution is -0.140. The maximum atomic E-state index is 14.2. The Balaban J connectivity index is 2.08. The lowest BCUT2D eigenvalue weighted by atomic mass is 10.1. The van der Waals surface area contributed by atoms with E-state index in [0.29, 0.717) is 29.2 Å². The van der Waals surface area contributed by atoms with Gasteiger partial charge in [0.15, 0.2) is 0 Å². The molecule has 0 saturated carbocycles. The largest absolute Gasteiger partial charge is 0.354 e. The summed E-state index contributed by atoms with van der Waals surface area (Å²) in [5.41, 5.74) is 3.73. The fourth-order valence-electron chi connectivity index (χ4n) is 4.65. The molecule has 0 radical (unpaired) electrons. The van der Waals surface area contributed by atoms with Crippen LogP contribution in [0.3, 0.4) is 0 Å². The van der Waals surface area contributed by atoms with E-state index in [1.165, 1.54) is 17.0 Å². The SMILES string of the molecule is CCCCNC(=O)[C@H](CC)N(Cc1ccccc1C)C(=O)CN(c1ccc(Cl)cc1C)S(=O)(=O)c1ccc(C)cc1. The molecule has 1 N–H and O–H groups in total. The normalized spacial score (nSPS) is 12.0. The van der Waals surface area contributed by atoms with E-state index < -0.39 is 28.5 Å². The number of rotatable bonds is 13. The summed E-state index contributed by atoms with van der Waals surface area (Å²) >= 11 is 6.19. The van der Waals surface area contributed by atoms with Crippen LogP contribution in [0.4, 0.5) is 5.69 Å². The topological polar surface area (TPSA) is 86.8 Å². The molecule has 7 nitrogen and oxygen atoms in total. The molecule has 0 aromatic heterocycles. The molecule has 0 aliphatic rings. The number of aryl methyl sites for hydroxylation is 3. The predicted octanol–water partition coefficient (Wildman–Crippen LogP) is 6.18. The number of hydrogen-bond donors (Lipinski definition) is 1. The van der Waals surface area contributed by atoms with Gasteiger partial charge in [-0.25, -0.2) is 8.42 Å². The number of nitrogens with zero attached hydrogens (tertiary/aromatic N) is 2. The van der Waals surface area contributed by atoms with Crippen LogP contribution in [0.25, 0.3) is 0 Å². The number of benzene rings is 3. The smallest absolute Gasteiger partial charge is 0.264 e. The van der Waals surface area contributed by atoms with E-state index >= 15 is 0 Å². The minimum atomic E-state index is -4.14. The van der Waals surface area contributed by atoms with Gasteiger partial charge in [-0.2, -0.15) is 0 Å². The van der Waals surface area contributed by atoms with Crippen molar-refractivity contribution in [2.45, 2.75) is 71.4 Å². The van der Waals surface area contributed by atoms with Gasteiger partial charge in [-0.15, -0.1) is 0 Å². The molecule has 0 unspecified atom stereocenters. The monoisotopic (exact) mass is 597 g/mol. The van der Waals surface area contributed by atoms with Crippen LogP contribution in [0.2, 0.25) is 5.02 Å². The highest BCUT2D eigenvalue weighted by atomic mass is 35.5. The summed E-state index contributed by atoms with van der Waals surface area (Å²) in [5.74, 6) is -0.728. The van der Waals surface area contributed by atoms with Crippen LogP contribution in [-0.2, 0) is 26.2 Å². The van der Waals surface area contributed by atoms with Crippen LogP contribution in [0.5, 0.6) is 0 Å². The van der Waals surface area contributed by atoms with Gasteiger partial charge in [-0.3, -0.25) is 13.9 Å². The summed E-state index contributed by atoms with van der Waals surface area (Å²) < 4.78 is 29.2. The molecule has 0 fully saturated rings. The Morgan fingerprint density at radius 3 is 2.22 bits per heavy atom. The first-order valence-electron chi connectivity index (χ1n) is 14.0. The molecule has 0 saturated heterocycles. The molecule has 3 rings (SSSR count). The number of sulfonamides is 1. The molecule has 220 valence electrons. The molecule has 2 amide bonds. The fraction of sp³-hybridized carbons (Fsp3) is 0.375. The van der Waals surface area contributed by atoms with Crippen LogP contribution in [0.15, 0.2) is 71.6 Å². The first-order chi connectivity index (χ1) is 19.5. The fourth-order valence-corrected chi connectivity index (χ4v) is 6.35. The van der Waals surface area contributed by atoms with Gasteiger partial charge in [-0.1, -0.05) is 73.8 Å². The number of nitrogens with one attached hydrogen (secondary N) is 1. The molecule has 0 bridgehead atoms. The van der Waals surface area contributed by atoms with Crippen molar-refractivity contribution in [1.29, 1.82) is 0 Å². The Morgan fingerprint density at radius 2 is 1.61 bits per heavy atom. The van der Waals surface area contributed by atoms with Crippen molar-refractivity contribution >= 4 is 39.1 Å². The summed E-state index contributed by atoms with van der Waals surface area (Å²) in [4.78, 5) is 29.1. The van der Waals surface area contributed by atoms with Crippen molar-refractivity contribution in [3.8, 4) is 0 Å².